The third kappa shape index (κ3) is 7.84. The van der Waals surface area contributed by atoms with Crippen molar-refractivity contribution in [1.29, 1.82) is 0 Å². The topological polar surface area (TPSA) is 110 Å². The number of dihydropyridines is 1. The number of piperazine rings is 1. The van der Waals surface area contributed by atoms with E-state index >= 15 is 0 Å². The Kier molecular flexibility index (Phi) is 11.8. The summed E-state index contributed by atoms with van der Waals surface area (Å²) in [7, 11) is 4.12. The molecule has 0 saturated carbocycles. The molecule has 0 bridgehead atoms. The molecule has 0 radical (unpaired) electrons. The molecule has 2 aromatic carbocycles. The monoisotopic (exact) mass is 692 g/mol. The van der Waals surface area contributed by atoms with Crippen LogP contribution >= 0.6 is 23.2 Å². The molecule has 0 aliphatic carbocycles. The van der Waals surface area contributed by atoms with E-state index in [0.29, 0.717) is 61.7 Å². The van der Waals surface area contributed by atoms with Crippen molar-refractivity contribution in [2.75, 3.05) is 47.5 Å². The second kappa shape index (κ2) is 16.1. The maximum Gasteiger partial charge on any atom is 0.336 e. The zero-order valence-electron chi connectivity index (χ0n) is 27.1. The SMILES string of the molecule is COC(=O)C1=C(CCc2ccccc2OC)NC(CC(=O)N2CCN(Cc3cccnc3)CC2)=C(C(=O)OC)C1c1c(Cl)cccc1Cl. The molecule has 1 N–H and O–H groups in total. The number of methoxy groups -OCH3 is 3. The Hall–Kier alpha value is -4.38. The van der Waals surface area contributed by atoms with Crippen molar-refractivity contribution in [3.8, 4) is 5.75 Å². The van der Waals surface area contributed by atoms with Gasteiger partial charge in [-0.3, -0.25) is 14.7 Å². The van der Waals surface area contributed by atoms with Gasteiger partial charge in [-0.1, -0.05) is 53.5 Å². The van der Waals surface area contributed by atoms with Gasteiger partial charge in [0.1, 0.15) is 5.75 Å². The lowest BCUT2D eigenvalue weighted by molar-refractivity contribution is -0.137. The number of carbonyl (C=O) groups is 3. The Morgan fingerprint density at radius 1 is 0.833 bits per heavy atom. The number of aromatic nitrogens is 1. The number of benzene rings is 2. The molecule has 3 heterocycles. The molecule has 1 fully saturated rings. The number of rotatable bonds is 11. The van der Waals surface area contributed by atoms with Gasteiger partial charge in [-0.2, -0.15) is 0 Å². The molecule has 0 spiro atoms. The van der Waals surface area contributed by atoms with Gasteiger partial charge < -0.3 is 24.4 Å². The molecule has 2 aliphatic heterocycles. The predicted octanol–water partition coefficient (Wildman–Crippen LogP) is 5.31. The summed E-state index contributed by atoms with van der Waals surface area (Å²) in [6.45, 7) is 3.15. The van der Waals surface area contributed by atoms with Gasteiger partial charge in [0.2, 0.25) is 5.91 Å². The smallest absolute Gasteiger partial charge is 0.336 e. The molecule has 48 heavy (non-hydrogen) atoms. The Balaban J connectivity index is 1.51. The maximum absolute atomic E-state index is 13.9. The second-order valence-corrected chi connectivity index (χ2v) is 12.3. The molecule has 1 saturated heterocycles. The van der Waals surface area contributed by atoms with E-state index in [0.717, 1.165) is 17.7 Å². The Bertz CT molecular complexity index is 1700. The summed E-state index contributed by atoms with van der Waals surface area (Å²) in [6, 6.07) is 16.5. The fraction of sp³-hybridized carbons (Fsp3) is 0.333. The highest BCUT2D eigenvalue weighted by Gasteiger charge is 2.42. The molecule has 1 aromatic heterocycles. The molecule has 1 unspecified atom stereocenters. The summed E-state index contributed by atoms with van der Waals surface area (Å²) in [5.41, 5.74) is 3.37. The van der Waals surface area contributed by atoms with Crippen molar-refractivity contribution in [1.82, 2.24) is 20.1 Å². The van der Waals surface area contributed by atoms with Crippen LogP contribution in [0.2, 0.25) is 10.0 Å². The van der Waals surface area contributed by atoms with E-state index in [2.05, 4.69) is 15.2 Å². The minimum absolute atomic E-state index is 0.0671. The summed E-state index contributed by atoms with van der Waals surface area (Å²) in [6.07, 6.45) is 4.24. The lowest BCUT2D eigenvalue weighted by atomic mass is 9.78. The van der Waals surface area contributed by atoms with Crippen molar-refractivity contribution in [3.05, 3.63) is 116 Å². The van der Waals surface area contributed by atoms with E-state index in [1.54, 1.807) is 36.4 Å². The van der Waals surface area contributed by atoms with Gasteiger partial charge in [-0.15, -0.1) is 0 Å². The minimum atomic E-state index is -1.07. The lowest BCUT2D eigenvalue weighted by Crippen LogP contribution is -2.48. The van der Waals surface area contributed by atoms with Crippen molar-refractivity contribution in [2.45, 2.75) is 31.7 Å². The van der Waals surface area contributed by atoms with E-state index in [4.69, 9.17) is 37.4 Å². The number of halogens is 2. The van der Waals surface area contributed by atoms with Crippen molar-refractivity contribution >= 4 is 41.0 Å². The van der Waals surface area contributed by atoms with Gasteiger partial charge >= 0.3 is 11.9 Å². The van der Waals surface area contributed by atoms with E-state index < -0.39 is 17.9 Å². The maximum atomic E-state index is 13.9. The fourth-order valence-corrected chi connectivity index (χ4v) is 6.88. The first kappa shape index (κ1) is 34.9. The molecule has 12 heteroatoms. The molecule has 1 amide bonds. The first-order chi connectivity index (χ1) is 23.2. The van der Waals surface area contributed by atoms with Crippen molar-refractivity contribution in [2.24, 2.45) is 0 Å². The minimum Gasteiger partial charge on any atom is -0.496 e. The van der Waals surface area contributed by atoms with Crippen LogP contribution in [0.4, 0.5) is 0 Å². The molecule has 10 nitrogen and oxygen atoms in total. The molecule has 5 rings (SSSR count). The van der Waals surface area contributed by atoms with E-state index in [1.165, 1.54) is 14.2 Å². The summed E-state index contributed by atoms with van der Waals surface area (Å²) >= 11 is 13.5. The van der Waals surface area contributed by atoms with Crippen LogP contribution in [-0.4, -0.2) is 80.1 Å². The molecule has 252 valence electrons. The van der Waals surface area contributed by atoms with Gasteiger partial charge in [0, 0.05) is 72.1 Å². The molecular formula is C36H38Cl2N4O6. The van der Waals surface area contributed by atoms with E-state index in [1.807, 2.05) is 42.6 Å². The van der Waals surface area contributed by atoms with Crippen LogP contribution < -0.4 is 10.1 Å². The number of amides is 1. The average Bonchev–Trinajstić information content (AvgIpc) is 3.10. The number of nitrogens with one attached hydrogen (secondary N) is 1. The molecule has 1 atom stereocenters. The van der Waals surface area contributed by atoms with Crippen molar-refractivity contribution < 1.29 is 28.6 Å². The molecule has 3 aromatic rings. The zero-order chi connectivity index (χ0) is 34.2. The number of pyridine rings is 1. The Morgan fingerprint density at radius 2 is 1.50 bits per heavy atom. The molecule has 2 aliphatic rings. The number of para-hydroxylation sites is 1. The van der Waals surface area contributed by atoms with Crippen LogP contribution in [0.3, 0.4) is 0 Å². The predicted molar refractivity (Wildman–Crippen MR) is 182 cm³/mol. The Labute approximate surface area is 290 Å². The van der Waals surface area contributed by atoms with Crippen LogP contribution in [-0.2, 0) is 36.8 Å². The highest BCUT2D eigenvalue weighted by Crippen LogP contribution is 2.46. The largest absolute Gasteiger partial charge is 0.496 e. The van der Waals surface area contributed by atoms with Crippen LogP contribution in [0.25, 0.3) is 0 Å². The average molecular weight is 694 g/mol. The van der Waals surface area contributed by atoms with Crippen LogP contribution in [0.15, 0.2) is 89.5 Å². The first-order valence-electron chi connectivity index (χ1n) is 15.6. The fourth-order valence-electron chi connectivity index (χ4n) is 6.26. The summed E-state index contributed by atoms with van der Waals surface area (Å²) < 4.78 is 16.1. The van der Waals surface area contributed by atoms with E-state index in [9.17, 15) is 14.4 Å². The van der Waals surface area contributed by atoms with Gasteiger partial charge in [-0.25, -0.2) is 9.59 Å². The number of hydrogen-bond donors (Lipinski definition) is 1. The first-order valence-corrected chi connectivity index (χ1v) is 16.4. The van der Waals surface area contributed by atoms with Crippen LogP contribution in [0.5, 0.6) is 5.75 Å². The number of hydrogen-bond acceptors (Lipinski definition) is 9. The number of aryl methyl sites for hydroxylation is 1. The van der Waals surface area contributed by atoms with Gasteiger partial charge in [0.15, 0.2) is 0 Å². The Morgan fingerprint density at radius 3 is 2.12 bits per heavy atom. The second-order valence-electron chi connectivity index (χ2n) is 11.5. The van der Waals surface area contributed by atoms with Gasteiger partial charge in [0.25, 0.3) is 0 Å². The van der Waals surface area contributed by atoms with E-state index in [-0.39, 0.29) is 33.5 Å². The zero-order valence-corrected chi connectivity index (χ0v) is 28.6. The highest BCUT2D eigenvalue weighted by molar-refractivity contribution is 6.36. The number of nitrogens with zero attached hydrogens (tertiary/aromatic N) is 3. The number of carbonyl (C=O) groups excluding carboxylic acids is 3. The van der Waals surface area contributed by atoms with Gasteiger partial charge in [-0.05, 0) is 48.2 Å². The number of allylic oxidation sites excluding steroid dienone is 1. The number of ether oxygens (including phenoxy) is 3. The third-order valence-corrected chi connectivity index (χ3v) is 9.31. The van der Waals surface area contributed by atoms with Gasteiger partial charge in [0.05, 0.1) is 44.8 Å². The van der Waals surface area contributed by atoms with Crippen LogP contribution in [0.1, 0.15) is 35.4 Å². The third-order valence-electron chi connectivity index (χ3n) is 8.65. The number of esters is 2. The normalized spacial score (nSPS) is 16.8. The summed E-state index contributed by atoms with van der Waals surface area (Å²) in [5.74, 6) is -1.94. The standard InChI is InChI=1S/C36H38Cl2N4O6/c1-46-29-12-5-4-9-24(29)13-14-27-32(35(44)47-2)34(31-25(37)10-6-11-26(31)38)33(36(45)48-3)28(40-27)20-30(43)42-18-16-41(17-19-42)22-23-8-7-15-39-21-23/h4-12,15,21,34,40H,13-14,16-20,22H2,1-3H3. The summed E-state index contributed by atoms with van der Waals surface area (Å²) in [4.78, 5) is 49.4. The quantitative estimate of drug-likeness (QED) is 0.268. The van der Waals surface area contributed by atoms with Crippen molar-refractivity contribution in [3.63, 3.8) is 0 Å². The lowest BCUT2D eigenvalue weighted by Gasteiger charge is -2.36. The molecular weight excluding hydrogens is 655 g/mol. The highest BCUT2D eigenvalue weighted by atomic mass is 35.5. The van der Waals surface area contributed by atoms with Crippen LogP contribution in [0, 0.1) is 0 Å². The summed E-state index contributed by atoms with van der Waals surface area (Å²) in [5, 5.41) is 3.80.